The van der Waals surface area contributed by atoms with Gasteiger partial charge in [0.25, 0.3) is 0 Å². The fourth-order valence-electron chi connectivity index (χ4n) is 7.29. The van der Waals surface area contributed by atoms with Crippen LogP contribution in [-0.4, -0.2) is 205 Å². The van der Waals surface area contributed by atoms with Crippen LogP contribution in [0.15, 0.2) is 0 Å². The van der Waals surface area contributed by atoms with Crippen molar-refractivity contribution in [3.8, 4) is 0 Å². The summed E-state index contributed by atoms with van der Waals surface area (Å²) in [6.07, 6.45) is 7.11. The van der Waals surface area contributed by atoms with Gasteiger partial charge in [-0.3, -0.25) is 23.8 Å². The lowest BCUT2D eigenvalue weighted by atomic mass is 10.1. The summed E-state index contributed by atoms with van der Waals surface area (Å²) in [5, 5.41) is 0. The molecule has 0 amide bonds. The number of hydrogen-bond acceptors (Lipinski definition) is 11. The van der Waals surface area contributed by atoms with Crippen molar-refractivity contribution in [1.29, 1.82) is 0 Å². The minimum atomic E-state index is -2.69. The Bertz CT molecular complexity index is 1220. The van der Waals surface area contributed by atoms with Crippen LogP contribution in [0.5, 0.6) is 0 Å². The molecule has 0 aromatic heterocycles. The van der Waals surface area contributed by atoms with E-state index >= 15 is 0 Å². The predicted octanol–water partition coefficient (Wildman–Crippen LogP) is 22.3. The Labute approximate surface area is 596 Å². The maximum Gasteiger partial charge on any atom is 0.152 e. The van der Waals surface area contributed by atoms with Gasteiger partial charge in [0, 0.05) is 122 Å². The predicted molar refractivity (Wildman–Crippen MR) is 439 cm³/mol. The second kappa shape index (κ2) is 91.2. The number of ether oxygens (including phenoxy) is 1. The molecule has 0 unspecified atom stereocenters. The lowest BCUT2D eigenvalue weighted by molar-refractivity contribution is 0.0238. The van der Waals surface area contributed by atoms with Crippen molar-refractivity contribution in [3.05, 3.63) is 0 Å². The Morgan fingerprint density at radius 1 is 0.283 bits per heavy atom. The van der Waals surface area contributed by atoms with E-state index in [4.69, 9.17) is 4.74 Å². The molecule has 0 saturated carbocycles. The third-order valence-electron chi connectivity index (χ3n) is 11.6. The molecule has 6 aliphatic heterocycles. The van der Waals surface area contributed by atoms with Gasteiger partial charge in [-0.1, -0.05) is 214 Å². The Morgan fingerprint density at radius 2 is 0.467 bits per heavy atom. The van der Waals surface area contributed by atoms with Crippen molar-refractivity contribution < 1.29 is 17.4 Å². The lowest BCUT2D eigenvalue weighted by Crippen LogP contribution is -2.43. The summed E-state index contributed by atoms with van der Waals surface area (Å²) in [5.74, 6) is 10.1. The van der Waals surface area contributed by atoms with Crippen molar-refractivity contribution in [3.63, 3.8) is 0 Å². The average molecular weight is 1380 g/mol. The first-order chi connectivity index (χ1) is 42.8. The zero-order valence-corrected chi connectivity index (χ0v) is 74.6. The first-order valence-electron chi connectivity index (χ1n) is 39.0. The first-order valence-corrected chi connectivity index (χ1v) is 43.4. The highest BCUT2D eigenvalue weighted by Crippen LogP contribution is 2.13. The standard InChI is InChI=1S/C8H17N.C7H15NO2S.C7H15NOS.C7H15NO.C7H15NS.C7H15N.6C4H10.6C2H6/c1-8(2)9-6-4-3-5-7-9;1-7(2)8-3-5-11(9,10)6-4-8;1-7(2)8-3-5-10(9)6-4-8;2*1-7(2)8-3-5-9-6-4-8;1-7(2)8-5-3-4-6-8;6*1-4(2)3;6*1-2/h8H,3-7H2,1-2H3;7H,3-6H2,1-2H3;7H,3-6H2,1-2H3;2*7H,3-6H2,1-2H3;7H,3-6H2,1-2H3;6*4H,1-3H3;6*1-2H3. The van der Waals surface area contributed by atoms with Crippen molar-refractivity contribution >= 4 is 32.4 Å². The lowest BCUT2D eigenvalue weighted by Gasteiger charge is -2.29. The average Bonchev–Trinajstić information content (AvgIpc) is 4.24. The number of sulfone groups is 1. The van der Waals surface area contributed by atoms with Gasteiger partial charge in [-0.2, -0.15) is 11.8 Å². The number of rotatable bonds is 6. The van der Waals surface area contributed by atoms with E-state index in [9.17, 15) is 12.6 Å². The fraction of sp³-hybridized carbons (Fsp3) is 1.00. The summed E-state index contributed by atoms with van der Waals surface area (Å²) in [6.45, 7) is 105. The topological polar surface area (TPSA) is 79.9 Å². The van der Waals surface area contributed by atoms with Gasteiger partial charge in [0.2, 0.25) is 0 Å². The molecule has 0 atom stereocenters. The monoisotopic (exact) mass is 1380 g/mol. The van der Waals surface area contributed by atoms with Crippen molar-refractivity contribution in [2.75, 3.05) is 126 Å². The van der Waals surface area contributed by atoms with E-state index in [1.165, 1.54) is 82.9 Å². The maximum absolute atomic E-state index is 11.0. The highest BCUT2D eigenvalue weighted by molar-refractivity contribution is 7.99. The molecular formula is C79H188N6O4S3. The van der Waals surface area contributed by atoms with Crippen LogP contribution < -0.4 is 0 Å². The van der Waals surface area contributed by atoms with Crippen LogP contribution in [0.3, 0.4) is 0 Å². The van der Waals surface area contributed by atoms with E-state index in [-0.39, 0.29) is 0 Å². The number of piperidine rings is 1. The van der Waals surface area contributed by atoms with Crippen molar-refractivity contribution in [2.24, 2.45) is 35.5 Å². The normalized spacial score (nSPS) is 17.2. The third-order valence-corrected chi connectivity index (χ3v) is 15.4. The second-order valence-electron chi connectivity index (χ2n) is 28.2. The summed E-state index contributed by atoms with van der Waals surface area (Å²) in [5.41, 5.74) is 0. The zero-order chi connectivity index (χ0) is 75.6. The van der Waals surface area contributed by atoms with Gasteiger partial charge in [0.1, 0.15) is 0 Å². The molecule has 6 aliphatic rings. The van der Waals surface area contributed by atoms with Gasteiger partial charge >= 0.3 is 0 Å². The highest BCUT2D eigenvalue weighted by atomic mass is 32.2. The van der Waals surface area contributed by atoms with Gasteiger partial charge in [0.05, 0.1) is 24.7 Å². The molecule has 6 rings (SSSR count). The second-order valence-corrected chi connectivity index (χ2v) is 33.4. The van der Waals surface area contributed by atoms with Gasteiger partial charge < -0.3 is 14.5 Å². The number of nitrogens with zero attached hydrogens (tertiary/aromatic N) is 6. The summed E-state index contributed by atoms with van der Waals surface area (Å²) in [6, 6.07) is 4.09. The molecule has 0 bridgehead atoms. The van der Waals surface area contributed by atoms with Crippen LogP contribution in [0.1, 0.15) is 323 Å². The minimum Gasteiger partial charge on any atom is -0.379 e. The number of likely N-dealkylation sites (tertiary alicyclic amines) is 2. The van der Waals surface area contributed by atoms with E-state index in [0.717, 1.165) is 105 Å². The Morgan fingerprint density at radius 3 is 0.663 bits per heavy atom. The summed E-state index contributed by atoms with van der Waals surface area (Å²) < 4.78 is 38.1. The molecule has 92 heavy (non-hydrogen) atoms. The highest BCUT2D eigenvalue weighted by Gasteiger charge is 2.23. The van der Waals surface area contributed by atoms with Gasteiger partial charge in [-0.15, -0.1) is 0 Å². The quantitative estimate of drug-likeness (QED) is 0.255. The Balaban J connectivity index is -0.0000000760. The van der Waals surface area contributed by atoms with Crippen LogP contribution in [0.2, 0.25) is 0 Å². The van der Waals surface area contributed by atoms with E-state index in [1.54, 1.807) is 0 Å². The molecule has 0 N–H and O–H groups in total. The summed E-state index contributed by atoms with van der Waals surface area (Å²) >= 11 is 2.07. The van der Waals surface area contributed by atoms with Crippen molar-refractivity contribution in [1.82, 2.24) is 29.4 Å². The Hall–Kier alpha value is 0.170. The molecule has 6 fully saturated rings. The first kappa shape index (κ1) is 119. The van der Waals surface area contributed by atoms with Crippen LogP contribution in [0, 0.1) is 35.5 Å². The molecule has 13 heteroatoms. The van der Waals surface area contributed by atoms with Gasteiger partial charge in [0.15, 0.2) is 9.84 Å². The van der Waals surface area contributed by atoms with Crippen molar-refractivity contribution in [2.45, 2.75) is 359 Å². The molecule has 6 saturated heterocycles. The summed E-state index contributed by atoms with van der Waals surface area (Å²) in [4.78, 5) is 14.6. The third kappa shape index (κ3) is 120. The SMILES string of the molecule is CC.CC.CC.CC.CC.CC.CC(C)C.CC(C)C.CC(C)C.CC(C)C.CC(C)C.CC(C)C.CC(C)N1CCCC1.CC(C)N1CCCCC1.CC(C)N1CCOCC1.CC(C)N1CCS(=O)(=O)CC1.CC(C)N1CCS(=O)CC1.CC(C)N1CCSCC1. The minimum absolute atomic E-state index is 0.338. The van der Waals surface area contributed by atoms with Crippen LogP contribution in [-0.2, 0) is 25.4 Å². The Kier molecular flexibility index (Phi) is 118. The molecule has 576 valence electrons. The maximum atomic E-state index is 11.0. The molecule has 0 aromatic rings. The van der Waals surface area contributed by atoms with Gasteiger partial charge in [-0.25, -0.2) is 8.42 Å². The summed E-state index contributed by atoms with van der Waals surface area (Å²) in [7, 11) is -3.21. The zero-order valence-electron chi connectivity index (χ0n) is 72.1. The van der Waals surface area contributed by atoms with Crippen LogP contribution in [0.4, 0.5) is 0 Å². The van der Waals surface area contributed by atoms with Crippen LogP contribution in [0.25, 0.3) is 0 Å². The van der Waals surface area contributed by atoms with E-state index in [2.05, 4.69) is 249 Å². The molecule has 0 aromatic carbocycles. The fourth-order valence-corrected chi connectivity index (χ4v) is 10.5. The smallest absolute Gasteiger partial charge is 0.152 e. The van der Waals surface area contributed by atoms with E-state index < -0.39 is 20.6 Å². The van der Waals surface area contributed by atoms with E-state index in [0.29, 0.717) is 42.7 Å². The van der Waals surface area contributed by atoms with Gasteiger partial charge in [-0.05, 0) is 170 Å². The molecule has 0 spiro atoms. The number of hydrogen-bond donors (Lipinski definition) is 0. The van der Waals surface area contributed by atoms with Crippen LogP contribution >= 0.6 is 11.8 Å². The molecule has 6 heterocycles. The largest absolute Gasteiger partial charge is 0.379 e. The van der Waals surface area contributed by atoms with E-state index in [1.807, 2.05) is 83.1 Å². The molecule has 0 radical (unpaired) electrons. The molecular weight excluding hydrogens is 1190 g/mol. The molecule has 0 aliphatic carbocycles. The number of morpholine rings is 1. The molecule has 10 nitrogen and oxygen atoms in total. The number of thioether (sulfide) groups is 1.